The molecule has 2 bridgehead atoms. The maximum absolute atomic E-state index is 13.0. The first kappa shape index (κ1) is 15.1. The number of fused-ring (bicyclic) bond motifs is 3. The molecule has 5 aliphatic rings. The molecule has 0 aromatic heterocycles. The van der Waals surface area contributed by atoms with E-state index >= 15 is 0 Å². The monoisotopic (exact) mass is 530 g/mol. The van der Waals surface area contributed by atoms with E-state index in [-0.39, 0.29) is 15.2 Å². The zero-order valence-electron chi connectivity index (χ0n) is 13.0. The molecule has 2 heterocycles. The number of hydrogen-bond donors (Lipinski definition) is 2. The molecule has 5 rings (SSSR count). The van der Waals surface area contributed by atoms with Crippen molar-refractivity contribution in [2.24, 2.45) is 17.8 Å². The normalized spacial score (nSPS) is 43.5. The van der Waals surface area contributed by atoms with E-state index < -0.39 is 23.8 Å². The Hall–Kier alpha value is 0.850. The minimum absolute atomic E-state index is 0.0109. The number of carbonyl (C=O) groups excluding carboxylic acids is 1. The summed E-state index contributed by atoms with van der Waals surface area (Å²) in [6.45, 7) is 2.06. The van der Waals surface area contributed by atoms with E-state index in [9.17, 15) is 4.79 Å². The van der Waals surface area contributed by atoms with Crippen LogP contribution in [0, 0.1) is 17.8 Å². The summed E-state index contributed by atoms with van der Waals surface area (Å²) < 4.78 is 13.0. The third-order valence-electron chi connectivity index (χ3n) is 6.85. The molecular weight excluding hydrogens is 506 g/mol. The van der Waals surface area contributed by atoms with Crippen LogP contribution in [0.25, 0.3) is 0 Å². The molecule has 4 atom stereocenters. The van der Waals surface area contributed by atoms with Gasteiger partial charge in [-0.15, -0.1) is 0 Å². The Morgan fingerprint density at radius 2 is 1.95 bits per heavy atom. The van der Waals surface area contributed by atoms with Crippen molar-refractivity contribution in [1.82, 2.24) is 7.06 Å². The van der Waals surface area contributed by atoms with Gasteiger partial charge in [-0.1, -0.05) is 0 Å². The summed E-state index contributed by atoms with van der Waals surface area (Å²) in [7, 11) is 0. The second-order valence-corrected chi connectivity index (χ2v) is 14.5. The topological polar surface area (TPSA) is 70.2 Å². The molecule has 0 aromatic rings. The Bertz CT molecular complexity index is 526. The van der Waals surface area contributed by atoms with Crippen molar-refractivity contribution in [1.29, 1.82) is 0 Å². The Morgan fingerprint density at radius 3 is 2.45 bits per heavy atom. The van der Waals surface area contributed by atoms with E-state index in [2.05, 4.69) is 36.6 Å². The number of hydrogen-bond acceptors (Lipinski definition) is 4. The Morgan fingerprint density at radius 1 is 1.27 bits per heavy atom. The summed E-state index contributed by atoms with van der Waals surface area (Å²) in [6.07, 6.45) is 10.2. The van der Waals surface area contributed by atoms with Crippen molar-refractivity contribution in [3.8, 4) is 0 Å². The van der Waals surface area contributed by atoms with Gasteiger partial charge in [-0.2, -0.15) is 0 Å². The van der Waals surface area contributed by atoms with Gasteiger partial charge < -0.3 is 0 Å². The molecule has 4 nitrogen and oxygen atoms in total. The van der Waals surface area contributed by atoms with Crippen LogP contribution in [0.3, 0.4) is 0 Å². The molecule has 0 radical (unpaired) electrons. The fourth-order valence-electron chi connectivity index (χ4n) is 5.41. The van der Waals surface area contributed by atoms with Crippen molar-refractivity contribution >= 4 is 48.9 Å². The molecule has 2 saturated heterocycles. The number of nitrogens with one attached hydrogen (secondary N) is 2. The Balaban J connectivity index is 1.38. The molecule has 2 N–H and O–H groups in total. The summed E-state index contributed by atoms with van der Waals surface area (Å²) in [6, 6.07) is 0. The first-order chi connectivity index (χ1) is 10.5. The van der Waals surface area contributed by atoms with Crippen molar-refractivity contribution in [2.75, 3.05) is 0 Å². The molecule has 124 valence electrons. The second kappa shape index (κ2) is 4.72. The predicted molar refractivity (Wildman–Crippen MR) is 102 cm³/mol. The zero-order valence-corrected chi connectivity index (χ0v) is 17.3. The third-order valence-corrected chi connectivity index (χ3v) is 14.0. The SMILES string of the molecule is CC(I)(C(=O)OC1(C2CC3CCC2C3)CCCC1)C12NI1N2. The van der Waals surface area contributed by atoms with E-state index in [1.54, 1.807) is 0 Å². The van der Waals surface area contributed by atoms with Crippen molar-refractivity contribution < 1.29 is 9.53 Å². The van der Waals surface area contributed by atoms with Crippen LogP contribution < -0.4 is 7.06 Å². The van der Waals surface area contributed by atoms with Gasteiger partial charge in [0.25, 0.3) is 0 Å². The number of ether oxygens (including phenoxy) is 1. The van der Waals surface area contributed by atoms with E-state index in [1.807, 2.05) is 0 Å². The number of carbonyl (C=O) groups is 1. The third kappa shape index (κ3) is 1.95. The van der Waals surface area contributed by atoms with Gasteiger partial charge in [-0.05, 0) is 0 Å². The molecule has 6 heteroatoms. The van der Waals surface area contributed by atoms with Crippen LogP contribution in [0.2, 0.25) is 0 Å². The predicted octanol–water partition coefficient (Wildman–Crippen LogP) is 3.67. The summed E-state index contributed by atoms with van der Waals surface area (Å²) in [5, 5.41) is 0. The fraction of sp³-hybridized carbons (Fsp3) is 0.938. The maximum atomic E-state index is 13.0. The second-order valence-electron chi connectivity index (χ2n) is 8.08. The average Bonchev–Trinajstić information content (AvgIpc) is 3.09. The molecule has 5 fully saturated rings. The van der Waals surface area contributed by atoms with E-state index in [0.717, 1.165) is 24.7 Å². The Labute approximate surface area is 153 Å². The molecule has 0 aromatic carbocycles. The summed E-state index contributed by atoms with van der Waals surface area (Å²) in [4.78, 5) is 13.0. The van der Waals surface area contributed by atoms with Gasteiger partial charge in [0.05, 0.1) is 0 Å². The first-order valence-corrected chi connectivity index (χ1v) is 13.0. The van der Waals surface area contributed by atoms with Gasteiger partial charge in [-0.3, -0.25) is 0 Å². The molecule has 4 unspecified atom stereocenters. The van der Waals surface area contributed by atoms with Crippen LogP contribution >= 0.6 is 43.0 Å². The van der Waals surface area contributed by atoms with Crippen molar-refractivity contribution in [3.05, 3.63) is 0 Å². The average molecular weight is 530 g/mol. The fourth-order valence-corrected chi connectivity index (χ4v) is 13.2. The summed E-state index contributed by atoms with van der Waals surface area (Å²) in [5.41, 5.74) is -0.122. The van der Waals surface area contributed by atoms with Crippen LogP contribution in [0.1, 0.15) is 58.3 Å². The Kier molecular flexibility index (Phi) is 3.25. The van der Waals surface area contributed by atoms with Gasteiger partial charge in [0.1, 0.15) is 0 Å². The van der Waals surface area contributed by atoms with E-state index in [1.165, 1.54) is 38.5 Å². The zero-order chi connectivity index (χ0) is 15.2. The minimum atomic E-state index is -1.12. The number of rotatable bonds is 4. The van der Waals surface area contributed by atoms with Crippen LogP contribution in [0.4, 0.5) is 0 Å². The van der Waals surface area contributed by atoms with Gasteiger partial charge in [0.2, 0.25) is 0 Å². The molecule has 3 aliphatic carbocycles. The molecular formula is C16H24I2N2O2. The van der Waals surface area contributed by atoms with Crippen LogP contribution in [-0.2, 0) is 9.53 Å². The van der Waals surface area contributed by atoms with Gasteiger partial charge in [-0.25, -0.2) is 0 Å². The molecule has 0 spiro atoms. The standard InChI is InChI=1S/C16H24I2N2O2/c1-14(17,16-18(19-16)20-16)13(21)22-15(6-2-3-7-15)12-9-10-4-5-11(12)8-10/h10-12,19-20H,2-9H2,1H3. The van der Waals surface area contributed by atoms with Crippen molar-refractivity contribution in [2.45, 2.75) is 71.0 Å². The van der Waals surface area contributed by atoms with Crippen LogP contribution in [-0.4, -0.2) is 18.7 Å². The van der Waals surface area contributed by atoms with Gasteiger partial charge in [0, 0.05) is 0 Å². The molecule has 2 aliphatic heterocycles. The van der Waals surface area contributed by atoms with Crippen LogP contribution in [0.15, 0.2) is 0 Å². The number of alkyl halides is 2. The summed E-state index contributed by atoms with van der Waals surface area (Å²) in [5.74, 6) is 2.44. The number of halogens is 2. The van der Waals surface area contributed by atoms with E-state index in [0.29, 0.717) is 5.92 Å². The number of esters is 1. The van der Waals surface area contributed by atoms with Crippen molar-refractivity contribution in [3.63, 3.8) is 0 Å². The summed E-state index contributed by atoms with van der Waals surface area (Å²) >= 11 is 1.21. The molecule has 0 amide bonds. The van der Waals surface area contributed by atoms with E-state index in [4.69, 9.17) is 4.74 Å². The molecule has 3 saturated carbocycles. The van der Waals surface area contributed by atoms with Crippen LogP contribution in [0.5, 0.6) is 0 Å². The van der Waals surface area contributed by atoms with Gasteiger partial charge >= 0.3 is 154 Å². The quantitative estimate of drug-likeness (QED) is 0.146. The van der Waals surface area contributed by atoms with Gasteiger partial charge in [0.15, 0.2) is 0 Å². The molecule has 22 heavy (non-hydrogen) atoms. The first-order valence-electron chi connectivity index (χ1n) is 8.65.